The molecule has 1 aliphatic heterocycles. The lowest BCUT2D eigenvalue weighted by Gasteiger charge is -2.31. The summed E-state index contributed by atoms with van der Waals surface area (Å²) in [5.74, 6) is -0.931. The molecule has 3 atom stereocenters. The van der Waals surface area contributed by atoms with Crippen molar-refractivity contribution >= 4 is 33.3 Å². The summed E-state index contributed by atoms with van der Waals surface area (Å²) in [6, 6.07) is 12.3. The van der Waals surface area contributed by atoms with Crippen molar-refractivity contribution in [2.75, 3.05) is 10.6 Å². The molecule has 0 fully saturated rings. The number of carboxylic acid groups (broad SMARTS) is 1. The van der Waals surface area contributed by atoms with E-state index in [2.05, 4.69) is 31.9 Å². The van der Waals surface area contributed by atoms with E-state index in [1.54, 1.807) is 6.07 Å². The maximum atomic E-state index is 11.6. The van der Waals surface area contributed by atoms with Gasteiger partial charge in [-0.2, -0.15) is 0 Å². The van der Waals surface area contributed by atoms with Crippen LogP contribution in [0.3, 0.4) is 0 Å². The molecule has 1 heterocycles. The number of hydrogen-bond acceptors (Lipinski definition) is 6. The lowest BCUT2D eigenvalue weighted by molar-refractivity contribution is -0.139. The van der Waals surface area contributed by atoms with Crippen LogP contribution in [-0.4, -0.2) is 39.8 Å². The summed E-state index contributed by atoms with van der Waals surface area (Å²) in [5, 5.41) is 37.8. The highest BCUT2D eigenvalue weighted by molar-refractivity contribution is 9.10. The first-order valence-electron chi connectivity index (χ1n) is 8.16. The molecule has 8 heteroatoms. The standard InChI is InChI=1S/C18H20BrN3O4/c19-12-7-11(15-13(8-12)21-16(23)17(24)22-15)9-20-14(18(25)26)6-10-4-2-1-3-5-10/h1-5,7-8,14,16-17,20-24H,6,9H2,(H,25,26)/t14-,16?,17?/m0/s1. The summed E-state index contributed by atoms with van der Waals surface area (Å²) in [6.07, 6.45) is -1.91. The average molecular weight is 422 g/mol. The minimum atomic E-state index is -1.15. The topological polar surface area (TPSA) is 114 Å². The second-order valence-electron chi connectivity index (χ2n) is 6.13. The number of hydrogen-bond donors (Lipinski definition) is 6. The van der Waals surface area contributed by atoms with Crippen LogP contribution in [0.2, 0.25) is 0 Å². The van der Waals surface area contributed by atoms with Gasteiger partial charge in [-0.3, -0.25) is 10.1 Å². The van der Waals surface area contributed by atoms with Crippen LogP contribution in [0.15, 0.2) is 46.9 Å². The van der Waals surface area contributed by atoms with Crippen LogP contribution in [0, 0.1) is 0 Å². The van der Waals surface area contributed by atoms with Gasteiger partial charge in [-0.1, -0.05) is 46.3 Å². The van der Waals surface area contributed by atoms with Crippen molar-refractivity contribution in [3.63, 3.8) is 0 Å². The normalized spacial score (nSPS) is 19.8. The molecule has 0 saturated carbocycles. The second-order valence-corrected chi connectivity index (χ2v) is 7.04. The Balaban J connectivity index is 1.76. The van der Waals surface area contributed by atoms with Gasteiger partial charge in [-0.25, -0.2) is 0 Å². The SMILES string of the molecule is O=C(O)[C@H](Cc1ccccc1)NCc1cc(Br)cc2c1NC(O)C(O)N2. The number of benzene rings is 2. The number of halogens is 1. The van der Waals surface area contributed by atoms with E-state index in [0.29, 0.717) is 17.8 Å². The van der Waals surface area contributed by atoms with Crippen LogP contribution in [0.25, 0.3) is 0 Å². The fraction of sp³-hybridized carbons (Fsp3) is 0.278. The van der Waals surface area contributed by atoms with Gasteiger partial charge >= 0.3 is 5.97 Å². The number of fused-ring (bicyclic) bond motifs is 1. The van der Waals surface area contributed by atoms with Crippen molar-refractivity contribution in [3.05, 3.63) is 58.1 Å². The predicted octanol–water partition coefficient (Wildman–Crippen LogP) is 1.71. The van der Waals surface area contributed by atoms with Gasteiger partial charge in [0.05, 0.1) is 11.4 Å². The van der Waals surface area contributed by atoms with Gasteiger partial charge in [0.15, 0.2) is 12.5 Å². The van der Waals surface area contributed by atoms with Crippen LogP contribution in [0.1, 0.15) is 11.1 Å². The Kier molecular flexibility index (Phi) is 5.77. The Morgan fingerprint density at radius 2 is 1.85 bits per heavy atom. The highest BCUT2D eigenvalue weighted by Crippen LogP contribution is 2.34. The largest absolute Gasteiger partial charge is 0.480 e. The van der Waals surface area contributed by atoms with Gasteiger partial charge in [0.25, 0.3) is 0 Å². The molecule has 7 nitrogen and oxygen atoms in total. The van der Waals surface area contributed by atoms with Crippen molar-refractivity contribution in [2.45, 2.75) is 31.5 Å². The first kappa shape index (κ1) is 18.7. The Labute approximate surface area is 159 Å². The Morgan fingerprint density at radius 3 is 2.54 bits per heavy atom. The summed E-state index contributed by atoms with van der Waals surface area (Å²) < 4.78 is 0.779. The molecule has 2 unspecified atom stereocenters. The smallest absolute Gasteiger partial charge is 0.321 e. The van der Waals surface area contributed by atoms with E-state index in [1.165, 1.54) is 0 Å². The number of carbonyl (C=O) groups is 1. The molecule has 0 aliphatic carbocycles. The van der Waals surface area contributed by atoms with E-state index in [4.69, 9.17) is 0 Å². The molecule has 0 radical (unpaired) electrons. The van der Waals surface area contributed by atoms with E-state index in [-0.39, 0.29) is 6.54 Å². The Morgan fingerprint density at radius 1 is 1.15 bits per heavy atom. The number of aliphatic carboxylic acids is 1. The molecule has 2 aromatic carbocycles. The molecular weight excluding hydrogens is 402 g/mol. The van der Waals surface area contributed by atoms with Crippen LogP contribution in [-0.2, 0) is 17.8 Å². The minimum Gasteiger partial charge on any atom is -0.480 e. The van der Waals surface area contributed by atoms with Crippen LogP contribution < -0.4 is 16.0 Å². The molecule has 3 rings (SSSR count). The molecular formula is C18H20BrN3O4. The molecule has 0 amide bonds. The van der Waals surface area contributed by atoms with E-state index < -0.39 is 24.5 Å². The highest BCUT2D eigenvalue weighted by atomic mass is 79.9. The zero-order chi connectivity index (χ0) is 18.7. The summed E-state index contributed by atoms with van der Waals surface area (Å²) in [7, 11) is 0. The fourth-order valence-electron chi connectivity index (χ4n) is 2.88. The van der Waals surface area contributed by atoms with Gasteiger partial charge < -0.3 is 26.0 Å². The zero-order valence-corrected chi connectivity index (χ0v) is 15.4. The fourth-order valence-corrected chi connectivity index (χ4v) is 3.39. The van der Waals surface area contributed by atoms with E-state index in [0.717, 1.165) is 15.6 Å². The maximum Gasteiger partial charge on any atom is 0.321 e. The van der Waals surface area contributed by atoms with E-state index in [9.17, 15) is 20.1 Å². The van der Waals surface area contributed by atoms with E-state index >= 15 is 0 Å². The number of carboxylic acids is 1. The van der Waals surface area contributed by atoms with Gasteiger partial charge in [0.1, 0.15) is 6.04 Å². The van der Waals surface area contributed by atoms with Gasteiger partial charge in [0, 0.05) is 11.0 Å². The zero-order valence-electron chi connectivity index (χ0n) is 13.8. The lowest BCUT2D eigenvalue weighted by atomic mass is 10.0. The maximum absolute atomic E-state index is 11.6. The molecule has 0 aromatic heterocycles. The minimum absolute atomic E-state index is 0.281. The first-order chi connectivity index (χ1) is 12.4. The average Bonchev–Trinajstić information content (AvgIpc) is 2.60. The van der Waals surface area contributed by atoms with Gasteiger partial charge in [-0.15, -0.1) is 0 Å². The quantitative estimate of drug-likeness (QED) is 0.420. The van der Waals surface area contributed by atoms with Crippen molar-refractivity contribution in [1.29, 1.82) is 0 Å². The second kappa shape index (κ2) is 8.05. The van der Waals surface area contributed by atoms with Crippen molar-refractivity contribution in [1.82, 2.24) is 5.32 Å². The Hall–Kier alpha value is -2.13. The molecule has 6 N–H and O–H groups in total. The van der Waals surface area contributed by atoms with Gasteiger partial charge in [-0.05, 0) is 29.7 Å². The highest BCUT2D eigenvalue weighted by Gasteiger charge is 2.26. The summed E-state index contributed by atoms with van der Waals surface area (Å²) in [5.41, 5.74) is 2.96. The number of rotatable bonds is 6. The van der Waals surface area contributed by atoms with Crippen molar-refractivity contribution in [3.8, 4) is 0 Å². The number of aliphatic hydroxyl groups is 2. The molecule has 138 valence electrons. The van der Waals surface area contributed by atoms with Crippen LogP contribution in [0.5, 0.6) is 0 Å². The Bertz CT molecular complexity index is 788. The lowest BCUT2D eigenvalue weighted by Crippen LogP contribution is -2.43. The summed E-state index contributed by atoms with van der Waals surface area (Å²) in [4.78, 5) is 11.6. The molecule has 1 aliphatic rings. The molecule has 0 spiro atoms. The molecule has 0 bridgehead atoms. The number of nitrogens with one attached hydrogen (secondary N) is 3. The third-order valence-corrected chi connectivity index (χ3v) is 4.66. The number of anilines is 2. The van der Waals surface area contributed by atoms with Crippen molar-refractivity contribution < 1.29 is 20.1 Å². The van der Waals surface area contributed by atoms with E-state index in [1.807, 2.05) is 36.4 Å². The summed E-state index contributed by atoms with van der Waals surface area (Å²) >= 11 is 3.41. The van der Waals surface area contributed by atoms with Crippen LogP contribution in [0.4, 0.5) is 11.4 Å². The van der Waals surface area contributed by atoms with Gasteiger partial charge in [0.2, 0.25) is 0 Å². The van der Waals surface area contributed by atoms with Crippen molar-refractivity contribution in [2.24, 2.45) is 0 Å². The summed E-state index contributed by atoms with van der Waals surface area (Å²) in [6.45, 7) is 0.281. The van der Waals surface area contributed by atoms with Crippen LogP contribution >= 0.6 is 15.9 Å². The third-order valence-electron chi connectivity index (χ3n) is 4.20. The monoisotopic (exact) mass is 421 g/mol. The number of aliphatic hydroxyl groups excluding tert-OH is 2. The molecule has 2 aromatic rings. The molecule has 0 saturated heterocycles. The molecule has 26 heavy (non-hydrogen) atoms. The third kappa shape index (κ3) is 4.34. The predicted molar refractivity (Wildman–Crippen MR) is 102 cm³/mol. The first-order valence-corrected chi connectivity index (χ1v) is 8.95.